The van der Waals surface area contributed by atoms with Crippen LogP contribution in [0.25, 0.3) is 28.2 Å². The molecule has 1 aromatic heterocycles. The zero-order valence-electron chi connectivity index (χ0n) is 15.4. The first kappa shape index (κ1) is 20.6. The summed E-state index contributed by atoms with van der Waals surface area (Å²) in [6.45, 7) is 0. The number of nitrogens with zero attached hydrogens (tertiary/aromatic N) is 2. The second-order valence-corrected chi connectivity index (χ2v) is 6.54. The number of aromatic nitrogens is 2. The van der Waals surface area contributed by atoms with Gasteiger partial charge >= 0.3 is 6.18 Å². The Morgan fingerprint density at radius 3 is 1.61 bits per heavy atom. The number of alkyl halides is 3. The molecular formula is C22H11F7N2. The normalized spacial score (nSPS) is 11.7. The summed E-state index contributed by atoms with van der Waals surface area (Å²) >= 11 is 0. The molecule has 0 aliphatic rings. The van der Waals surface area contributed by atoms with Gasteiger partial charge in [-0.25, -0.2) is 22.2 Å². The molecule has 1 heterocycles. The molecule has 0 fully saturated rings. The van der Waals surface area contributed by atoms with Gasteiger partial charge in [0.2, 0.25) is 0 Å². The van der Waals surface area contributed by atoms with E-state index in [1.54, 1.807) is 60.7 Å². The molecule has 0 saturated carbocycles. The van der Waals surface area contributed by atoms with E-state index in [2.05, 4.69) is 5.10 Å². The van der Waals surface area contributed by atoms with Crippen molar-refractivity contribution in [3.05, 3.63) is 95.6 Å². The molecule has 158 valence electrons. The lowest BCUT2D eigenvalue weighted by molar-refractivity contribution is -0.143. The van der Waals surface area contributed by atoms with Gasteiger partial charge in [-0.05, 0) is 6.07 Å². The average Bonchev–Trinajstić information content (AvgIpc) is 3.18. The summed E-state index contributed by atoms with van der Waals surface area (Å²) in [7, 11) is 0. The van der Waals surface area contributed by atoms with Crippen LogP contribution in [0.1, 0.15) is 5.56 Å². The number of halogens is 7. The van der Waals surface area contributed by atoms with E-state index in [-0.39, 0.29) is 11.4 Å². The van der Waals surface area contributed by atoms with Gasteiger partial charge in [0.05, 0.1) is 11.4 Å². The highest BCUT2D eigenvalue weighted by atomic mass is 19.4. The zero-order chi connectivity index (χ0) is 22.3. The Bertz CT molecular complexity index is 1220. The summed E-state index contributed by atoms with van der Waals surface area (Å²) in [6.07, 6.45) is -5.63. The fourth-order valence-electron chi connectivity index (χ4n) is 3.17. The first-order valence-electron chi connectivity index (χ1n) is 8.84. The van der Waals surface area contributed by atoms with Crippen molar-refractivity contribution in [1.29, 1.82) is 0 Å². The summed E-state index contributed by atoms with van der Waals surface area (Å²) in [5, 5.41) is 4.04. The topological polar surface area (TPSA) is 17.8 Å². The van der Waals surface area contributed by atoms with Crippen LogP contribution in [0.15, 0.2) is 66.7 Å². The first-order valence-corrected chi connectivity index (χ1v) is 8.84. The Morgan fingerprint density at radius 1 is 0.645 bits per heavy atom. The molecule has 0 radical (unpaired) electrons. The van der Waals surface area contributed by atoms with Gasteiger partial charge in [-0.1, -0.05) is 60.7 Å². The SMILES string of the molecule is Fc1c(F)c(C(F)(F)F)c(F)c(F)c1-n1nc(-c2ccccc2)cc1-c1ccccc1. The minimum Gasteiger partial charge on any atom is -0.226 e. The average molecular weight is 436 g/mol. The molecule has 4 rings (SSSR count). The van der Waals surface area contributed by atoms with Gasteiger partial charge in [-0.3, -0.25) is 0 Å². The van der Waals surface area contributed by atoms with Crippen LogP contribution < -0.4 is 0 Å². The fraction of sp³-hybridized carbons (Fsp3) is 0.0455. The lowest BCUT2D eigenvalue weighted by Crippen LogP contribution is -2.18. The quantitative estimate of drug-likeness (QED) is 0.256. The number of hydrogen-bond acceptors (Lipinski definition) is 1. The lowest BCUT2D eigenvalue weighted by Gasteiger charge is -2.15. The van der Waals surface area contributed by atoms with Gasteiger partial charge in [0.1, 0.15) is 11.3 Å². The maximum Gasteiger partial charge on any atom is 0.422 e. The molecule has 31 heavy (non-hydrogen) atoms. The summed E-state index contributed by atoms with van der Waals surface area (Å²) in [5.41, 5.74) is -2.91. The second-order valence-electron chi connectivity index (χ2n) is 6.54. The molecule has 0 N–H and O–H groups in total. The van der Waals surface area contributed by atoms with E-state index in [0.717, 1.165) is 0 Å². The van der Waals surface area contributed by atoms with Crippen molar-refractivity contribution in [2.45, 2.75) is 6.18 Å². The van der Waals surface area contributed by atoms with E-state index >= 15 is 0 Å². The third-order valence-electron chi connectivity index (χ3n) is 4.58. The van der Waals surface area contributed by atoms with E-state index in [9.17, 15) is 30.7 Å². The predicted octanol–water partition coefficient (Wildman–Crippen LogP) is 6.78. The molecule has 0 aliphatic carbocycles. The van der Waals surface area contributed by atoms with Gasteiger partial charge in [-0.15, -0.1) is 0 Å². The van der Waals surface area contributed by atoms with Crippen molar-refractivity contribution in [2.24, 2.45) is 0 Å². The molecule has 0 spiro atoms. The third-order valence-corrected chi connectivity index (χ3v) is 4.58. The Labute approximate surface area is 171 Å². The summed E-state index contributed by atoms with van der Waals surface area (Å²) in [5.74, 6) is -9.49. The minimum absolute atomic E-state index is 0.0239. The smallest absolute Gasteiger partial charge is 0.226 e. The number of hydrogen-bond donors (Lipinski definition) is 0. The van der Waals surface area contributed by atoms with Crippen molar-refractivity contribution in [2.75, 3.05) is 0 Å². The second kappa shape index (κ2) is 7.57. The van der Waals surface area contributed by atoms with E-state index < -0.39 is 40.7 Å². The third kappa shape index (κ3) is 3.56. The van der Waals surface area contributed by atoms with Crippen LogP contribution in [0.4, 0.5) is 30.7 Å². The molecular weight excluding hydrogens is 425 g/mol. The molecule has 9 heteroatoms. The number of rotatable bonds is 3. The summed E-state index contributed by atoms with van der Waals surface area (Å²) in [4.78, 5) is 0. The van der Waals surface area contributed by atoms with Crippen LogP contribution in [0.2, 0.25) is 0 Å². The first-order chi connectivity index (χ1) is 14.7. The Balaban J connectivity index is 2.04. The van der Waals surface area contributed by atoms with Crippen LogP contribution in [0.5, 0.6) is 0 Å². The summed E-state index contributed by atoms with van der Waals surface area (Å²) < 4.78 is 97.2. The Morgan fingerprint density at radius 2 is 1.13 bits per heavy atom. The molecule has 4 aromatic rings. The predicted molar refractivity (Wildman–Crippen MR) is 99.3 cm³/mol. The molecule has 2 nitrogen and oxygen atoms in total. The van der Waals surface area contributed by atoms with Gasteiger partial charge in [0.15, 0.2) is 23.3 Å². The van der Waals surface area contributed by atoms with E-state index in [4.69, 9.17) is 0 Å². The molecule has 0 saturated heterocycles. The molecule has 0 unspecified atom stereocenters. The highest BCUT2D eigenvalue weighted by molar-refractivity contribution is 5.70. The van der Waals surface area contributed by atoms with Gasteiger partial charge in [0.25, 0.3) is 0 Å². The van der Waals surface area contributed by atoms with Crippen LogP contribution in [0, 0.1) is 23.3 Å². The highest BCUT2D eigenvalue weighted by Crippen LogP contribution is 2.39. The highest BCUT2D eigenvalue weighted by Gasteiger charge is 2.43. The monoisotopic (exact) mass is 436 g/mol. The van der Waals surface area contributed by atoms with Crippen LogP contribution in [0.3, 0.4) is 0 Å². The largest absolute Gasteiger partial charge is 0.422 e. The van der Waals surface area contributed by atoms with Crippen molar-refractivity contribution >= 4 is 0 Å². The molecule has 0 amide bonds. The van der Waals surface area contributed by atoms with E-state index in [1.165, 1.54) is 6.07 Å². The van der Waals surface area contributed by atoms with Crippen molar-refractivity contribution in [3.63, 3.8) is 0 Å². The van der Waals surface area contributed by atoms with Gasteiger partial charge < -0.3 is 0 Å². The Kier molecular flexibility index (Phi) is 5.04. The van der Waals surface area contributed by atoms with Crippen molar-refractivity contribution in [1.82, 2.24) is 9.78 Å². The summed E-state index contributed by atoms with van der Waals surface area (Å²) in [6, 6.07) is 17.7. The fourth-order valence-corrected chi connectivity index (χ4v) is 3.17. The maximum atomic E-state index is 14.7. The Hall–Kier alpha value is -3.62. The zero-order valence-corrected chi connectivity index (χ0v) is 15.4. The lowest BCUT2D eigenvalue weighted by atomic mass is 10.1. The van der Waals surface area contributed by atoms with Gasteiger partial charge in [-0.2, -0.15) is 18.3 Å². The minimum atomic E-state index is -5.63. The van der Waals surface area contributed by atoms with E-state index in [1.807, 2.05) is 0 Å². The number of benzene rings is 3. The molecule has 0 bridgehead atoms. The van der Waals surface area contributed by atoms with Crippen LogP contribution in [-0.2, 0) is 6.18 Å². The maximum absolute atomic E-state index is 14.7. The standard InChI is InChI=1S/C22H11F7N2/c23-17-16(22(27,28)29)18(24)20(26)21(19(17)25)31-15(13-9-5-2-6-10-13)11-14(30-31)12-7-3-1-4-8-12/h1-11H. The van der Waals surface area contributed by atoms with Gasteiger partial charge in [0, 0.05) is 11.1 Å². The van der Waals surface area contributed by atoms with E-state index in [0.29, 0.717) is 15.8 Å². The van der Waals surface area contributed by atoms with Crippen LogP contribution in [-0.4, -0.2) is 9.78 Å². The molecule has 0 atom stereocenters. The van der Waals surface area contributed by atoms with Crippen molar-refractivity contribution in [3.8, 4) is 28.2 Å². The molecule has 3 aromatic carbocycles. The van der Waals surface area contributed by atoms with Crippen LogP contribution >= 0.6 is 0 Å². The molecule has 0 aliphatic heterocycles. The van der Waals surface area contributed by atoms with Crippen molar-refractivity contribution < 1.29 is 30.7 Å².